The van der Waals surface area contributed by atoms with Crippen LogP contribution in [0.1, 0.15) is 49.4 Å². The maximum absolute atomic E-state index is 12.0. The van der Waals surface area contributed by atoms with Crippen molar-refractivity contribution in [3.8, 4) is 0 Å². The quantitative estimate of drug-likeness (QED) is 0.475. The second-order valence-electron chi connectivity index (χ2n) is 7.24. The van der Waals surface area contributed by atoms with E-state index in [0.29, 0.717) is 17.5 Å². The van der Waals surface area contributed by atoms with Gasteiger partial charge >= 0.3 is 0 Å². The van der Waals surface area contributed by atoms with Crippen LogP contribution < -0.4 is 10.6 Å². The standard InChI is InChI=1S/C20H30N4O/c1-2-21-19(24-15-12-20(16-24)10-6-11-20)23-14-7-13-22-18(25)17-8-4-3-5-9-17/h3-5,8-9H,2,6-7,10-16H2,1H3,(H,21,23)(H,22,25). The third kappa shape index (κ3) is 4.53. The highest BCUT2D eigenvalue weighted by Gasteiger charge is 2.43. The maximum Gasteiger partial charge on any atom is 0.251 e. The molecule has 1 saturated heterocycles. The molecule has 0 bridgehead atoms. The molecule has 1 spiro atoms. The van der Waals surface area contributed by atoms with Crippen molar-refractivity contribution in [1.29, 1.82) is 0 Å². The van der Waals surface area contributed by atoms with Crippen molar-refractivity contribution >= 4 is 11.9 Å². The number of rotatable bonds is 6. The van der Waals surface area contributed by atoms with E-state index in [4.69, 9.17) is 4.99 Å². The Kier molecular flexibility index (Phi) is 5.95. The normalized spacial score (nSPS) is 18.9. The molecule has 136 valence electrons. The van der Waals surface area contributed by atoms with Gasteiger partial charge in [0.15, 0.2) is 5.96 Å². The minimum Gasteiger partial charge on any atom is -0.357 e. The summed E-state index contributed by atoms with van der Waals surface area (Å²) in [5.74, 6) is 1.03. The Labute approximate surface area is 150 Å². The van der Waals surface area contributed by atoms with Crippen LogP contribution in [0.3, 0.4) is 0 Å². The van der Waals surface area contributed by atoms with Crippen LogP contribution in [0.2, 0.25) is 0 Å². The summed E-state index contributed by atoms with van der Waals surface area (Å²) >= 11 is 0. The van der Waals surface area contributed by atoms with Crippen molar-refractivity contribution in [2.45, 2.75) is 39.0 Å². The third-order valence-electron chi connectivity index (χ3n) is 5.40. The highest BCUT2D eigenvalue weighted by molar-refractivity contribution is 5.94. The van der Waals surface area contributed by atoms with Crippen molar-refractivity contribution in [3.63, 3.8) is 0 Å². The van der Waals surface area contributed by atoms with E-state index in [1.54, 1.807) is 0 Å². The summed E-state index contributed by atoms with van der Waals surface area (Å²) in [4.78, 5) is 19.2. The van der Waals surface area contributed by atoms with Crippen molar-refractivity contribution < 1.29 is 4.79 Å². The fourth-order valence-electron chi connectivity index (χ4n) is 3.78. The van der Waals surface area contributed by atoms with Crippen LogP contribution >= 0.6 is 0 Å². The Morgan fingerprint density at radius 3 is 2.64 bits per heavy atom. The zero-order chi connectivity index (χ0) is 17.5. The van der Waals surface area contributed by atoms with Gasteiger partial charge in [0.05, 0.1) is 0 Å². The predicted octanol–water partition coefficient (Wildman–Crippen LogP) is 2.65. The van der Waals surface area contributed by atoms with Crippen molar-refractivity contribution in [2.75, 3.05) is 32.7 Å². The Balaban J connectivity index is 1.42. The Morgan fingerprint density at radius 1 is 1.20 bits per heavy atom. The molecule has 5 nitrogen and oxygen atoms in total. The maximum atomic E-state index is 12.0. The van der Waals surface area contributed by atoms with Gasteiger partial charge in [0, 0.05) is 38.3 Å². The van der Waals surface area contributed by atoms with E-state index in [1.165, 1.54) is 25.7 Å². The number of carbonyl (C=O) groups is 1. The van der Waals surface area contributed by atoms with Crippen LogP contribution in [-0.4, -0.2) is 49.5 Å². The molecular formula is C20H30N4O. The van der Waals surface area contributed by atoms with E-state index in [9.17, 15) is 4.79 Å². The number of nitrogens with one attached hydrogen (secondary N) is 2. The first kappa shape index (κ1) is 17.8. The number of aliphatic imine (C=N–C) groups is 1. The molecule has 1 saturated carbocycles. The molecule has 5 heteroatoms. The minimum atomic E-state index is -0.0112. The molecule has 0 unspecified atom stereocenters. The van der Waals surface area contributed by atoms with Gasteiger partial charge in [-0.1, -0.05) is 24.6 Å². The number of hydrogen-bond acceptors (Lipinski definition) is 2. The summed E-state index contributed by atoms with van der Waals surface area (Å²) in [6.07, 6.45) is 6.32. The lowest BCUT2D eigenvalue weighted by molar-refractivity contribution is 0.0953. The number of carbonyl (C=O) groups excluding carboxylic acids is 1. The zero-order valence-corrected chi connectivity index (χ0v) is 15.3. The highest BCUT2D eigenvalue weighted by Crippen LogP contribution is 2.47. The molecule has 1 aliphatic heterocycles. The highest BCUT2D eigenvalue weighted by atomic mass is 16.1. The van der Waals surface area contributed by atoms with E-state index in [-0.39, 0.29) is 5.91 Å². The Morgan fingerprint density at radius 2 is 2.00 bits per heavy atom. The van der Waals surface area contributed by atoms with Gasteiger partial charge in [-0.2, -0.15) is 0 Å². The molecular weight excluding hydrogens is 312 g/mol. The number of likely N-dealkylation sites (tertiary alicyclic amines) is 1. The molecule has 0 radical (unpaired) electrons. The van der Waals surface area contributed by atoms with Crippen LogP contribution in [0, 0.1) is 5.41 Å². The van der Waals surface area contributed by atoms with Gasteiger partial charge in [-0.15, -0.1) is 0 Å². The molecule has 1 aromatic carbocycles. The van der Waals surface area contributed by atoms with Crippen molar-refractivity contribution in [1.82, 2.24) is 15.5 Å². The van der Waals surface area contributed by atoms with Gasteiger partial charge in [0.1, 0.15) is 0 Å². The first-order chi connectivity index (χ1) is 12.2. The summed E-state index contributed by atoms with van der Waals surface area (Å²) in [6, 6.07) is 9.35. The fraction of sp³-hybridized carbons (Fsp3) is 0.600. The third-order valence-corrected chi connectivity index (χ3v) is 5.40. The predicted molar refractivity (Wildman–Crippen MR) is 102 cm³/mol. The number of hydrogen-bond donors (Lipinski definition) is 2. The summed E-state index contributed by atoms with van der Waals surface area (Å²) in [5, 5.41) is 6.39. The van der Waals surface area contributed by atoms with Crippen LogP contribution in [0.5, 0.6) is 0 Å². The Hall–Kier alpha value is -2.04. The number of amides is 1. The molecule has 1 heterocycles. The molecule has 2 aliphatic rings. The van der Waals surface area contributed by atoms with Gasteiger partial charge in [-0.3, -0.25) is 9.79 Å². The topological polar surface area (TPSA) is 56.7 Å². The lowest BCUT2D eigenvalue weighted by atomic mass is 9.68. The van der Waals surface area contributed by atoms with E-state index in [0.717, 1.165) is 38.6 Å². The molecule has 0 atom stereocenters. The van der Waals surface area contributed by atoms with Gasteiger partial charge in [-0.25, -0.2) is 0 Å². The summed E-state index contributed by atoms with van der Waals surface area (Å²) in [5.41, 5.74) is 1.29. The summed E-state index contributed by atoms with van der Waals surface area (Å²) < 4.78 is 0. The second-order valence-corrected chi connectivity index (χ2v) is 7.24. The minimum absolute atomic E-state index is 0.0112. The average Bonchev–Trinajstić information content (AvgIpc) is 3.07. The smallest absolute Gasteiger partial charge is 0.251 e. The average molecular weight is 342 g/mol. The summed E-state index contributed by atoms with van der Waals surface area (Å²) in [7, 11) is 0. The molecule has 3 rings (SSSR count). The second kappa shape index (κ2) is 8.37. The van der Waals surface area contributed by atoms with Gasteiger partial charge < -0.3 is 15.5 Å². The largest absolute Gasteiger partial charge is 0.357 e. The van der Waals surface area contributed by atoms with Crippen LogP contribution in [0.15, 0.2) is 35.3 Å². The fourth-order valence-corrected chi connectivity index (χ4v) is 3.78. The number of guanidine groups is 1. The molecule has 25 heavy (non-hydrogen) atoms. The first-order valence-corrected chi connectivity index (χ1v) is 9.59. The zero-order valence-electron chi connectivity index (χ0n) is 15.3. The van der Waals surface area contributed by atoms with Gasteiger partial charge in [0.2, 0.25) is 0 Å². The molecule has 2 fully saturated rings. The van der Waals surface area contributed by atoms with E-state index in [2.05, 4.69) is 22.5 Å². The number of benzene rings is 1. The molecule has 2 N–H and O–H groups in total. The molecule has 1 aromatic rings. The van der Waals surface area contributed by atoms with Crippen LogP contribution in [0.25, 0.3) is 0 Å². The lowest BCUT2D eigenvalue weighted by Crippen LogP contribution is -2.42. The van der Waals surface area contributed by atoms with Crippen LogP contribution in [0.4, 0.5) is 0 Å². The number of nitrogens with zero attached hydrogens (tertiary/aromatic N) is 2. The van der Waals surface area contributed by atoms with Crippen LogP contribution in [-0.2, 0) is 0 Å². The molecule has 1 aliphatic carbocycles. The van der Waals surface area contributed by atoms with Gasteiger partial charge in [0.25, 0.3) is 5.91 Å². The first-order valence-electron chi connectivity index (χ1n) is 9.59. The molecule has 1 amide bonds. The van der Waals surface area contributed by atoms with Gasteiger partial charge in [-0.05, 0) is 50.2 Å². The molecule has 0 aromatic heterocycles. The van der Waals surface area contributed by atoms with E-state index in [1.807, 2.05) is 30.3 Å². The van der Waals surface area contributed by atoms with E-state index >= 15 is 0 Å². The van der Waals surface area contributed by atoms with E-state index < -0.39 is 0 Å². The van der Waals surface area contributed by atoms with Crippen molar-refractivity contribution in [3.05, 3.63) is 35.9 Å². The Bertz CT molecular complexity index is 595. The lowest BCUT2D eigenvalue weighted by Gasteiger charge is -2.38. The summed E-state index contributed by atoms with van der Waals surface area (Å²) in [6.45, 7) is 6.68. The monoisotopic (exact) mass is 342 g/mol. The van der Waals surface area contributed by atoms with Crippen molar-refractivity contribution in [2.24, 2.45) is 10.4 Å². The SMILES string of the molecule is CCNC(=NCCCNC(=O)c1ccccc1)N1CCC2(CCC2)C1.